The Labute approximate surface area is 162 Å². The van der Waals surface area contributed by atoms with Gasteiger partial charge in [0.25, 0.3) is 0 Å². The van der Waals surface area contributed by atoms with Crippen molar-refractivity contribution in [3.05, 3.63) is 47.7 Å². The lowest BCUT2D eigenvalue weighted by molar-refractivity contribution is -0.117. The zero-order chi connectivity index (χ0) is 17.6. The summed E-state index contributed by atoms with van der Waals surface area (Å²) in [5.41, 5.74) is 2.08. The second-order valence-corrected chi connectivity index (χ2v) is 7.15. The van der Waals surface area contributed by atoms with Gasteiger partial charge in [-0.15, -0.1) is 12.4 Å². The van der Waals surface area contributed by atoms with Gasteiger partial charge in [-0.05, 0) is 50.3 Å². The van der Waals surface area contributed by atoms with Crippen LogP contribution in [0.3, 0.4) is 0 Å². The van der Waals surface area contributed by atoms with Crippen molar-refractivity contribution in [2.75, 3.05) is 18.4 Å². The van der Waals surface area contributed by atoms with Crippen LogP contribution >= 0.6 is 12.4 Å². The van der Waals surface area contributed by atoms with E-state index in [0.29, 0.717) is 24.8 Å². The Balaban J connectivity index is 0.00000243. The van der Waals surface area contributed by atoms with Crippen LogP contribution in [0.2, 0.25) is 0 Å². The third-order valence-corrected chi connectivity index (χ3v) is 4.99. The van der Waals surface area contributed by atoms with Crippen LogP contribution in [-0.2, 0) is 11.3 Å². The molecule has 1 aromatic heterocycles. The number of anilines is 1. The SMILES string of the molecule is Cc1cc(NC(=O)CC(C)C2CCCNC2)n(Cc2ccccc2)n1.Cl. The van der Waals surface area contributed by atoms with E-state index in [0.717, 1.165) is 24.6 Å². The van der Waals surface area contributed by atoms with Gasteiger partial charge >= 0.3 is 0 Å². The molecule has 0 spiro atoms. The molecule has 2 aromatic rings. The zero-order valence-corrected chi connectivity index (χ0v) is 16.4. The highest BCUT2D eigenvalue weighted by Crippen LogP contribution is 2.23. The number of hydrogen-bond donors (Lipinski definition) is 2. The van der Waals surface area contributed by atoms with Gasteiger partial charge in [0.05, 0.1) is 12.2 Å². The Kier molecular flexibility index (Phi) is 7.66. The number of nitrogens with one attached hydrogen (secondary N) is 2. The van der Waals surface area contributed by atoms with Crippen molar-refractivity contribution in [3.8, 4) is 0 Å². The maximum Gasteiger partial charge on any atom is 0.225 e. The lowest BCUT2D eigenvalue weighted by Crippen LogP contribution is -2.34. The van der Waals surface area contributed by atoms with Crippen molar-refractivity contribution in [1.82, 2.24) is 15.1 Å². The molecule has 26 heavy (non-hydrogen) atoms. The van der Waals surface area contributed by atoms with Crippen molar-refractivity contribution in [1.29, 1.82) is 0 Å². The summed E-state index contributed by atoms with van der Waals surface area (Å²) in [4.78, 5) is 12.5. The average molecular weight is 377 g/mol. The number of carbonyl (C=O) groups excluding carboxylic acids is 1. The monoisotopic (exact) mass is 376 g/mol. The van der Waals surface area contributed by atoms with Crippen LogP contribution in [0.1, 0.15) is 37.4 Å². The number of amides is 1. The molecule has 2 heterocycles. The van der Waals surface area contributed by atoms with Crippen molar-refractivity contribution >= 4 is 24.1 Å². The van der Waals surface area contributed by atoms with Gasteiger partial charge in [-0.25, -0.2) is 4.68 Å². The molecule has 0 radical (unpaired) electrons. The molecular formula is C20H29ClN4O. The largest absolute Gasteiger partial charge is 0.316 e. The zero-order valence-electron chi connectivity index (χ0n) is 15.6. The van der Waals surface area contributed by atoms with Crippen molar-refractivity contribution in [2.24, 2.45) is 11.8 Å². The number of nitrogens with zero attached hydrogens (tertiary/aromatic N) is 2. The van der Waals surface area contributed by atoms with Crippen molar-refractivity contribution < 1.29 is 4.79 Å². The molecule has 6 heteroatoms. The van der Waals surface area contributed by atoms with Gasteiger partial charge in [0.1, 0.15) is 5.82 Å². The molecule has 1 saturated heterocycles. The number of rotatable bonds is 6. The van der Waals surface area contributed by atoms with Gasteiger partial charge in [-0.1, -0.05) is 37.3 Å². The molecule has 3 rings (SSSR count). The summed E-state index contributed by atoms with van der Waals surface area (Å²) < 4.78 is 1.87. The fourth-order valence-electron chi connectivity index (χ4n) is 3.54. The highest BCUT2D eigenvalue weighted by Gasteiger charge is 2.22. The number of carbonyl (C=O) groups is 1. The summed E-state index contributed by atoms with van der Waals surface area (Å²) in [6.07, 6.45) is 2.98. The first-order valence-electron chi connectivity index (χ1n) is 9.21. The number of aromatic nitrogens is 2. The minimum Gasteiger partial charge on any atom is -0.316 e. The van der Waals surface area contributed by atoms with E-state index in [2.05, 4.69) is 34.8 Å². The fraction of sp³-hybridized carbons (Fsp3) is 0.500. The predicted molar refractivity (Wildman–Crippen MR) is 108 cm³/mol. The van der Waals surface area contributed by atoms with E-state index < -0.39 is 0 Å². The standard InChI is InChI=1S/C20H28N4O.ClH/c1-15(18-9-6-10-21-13-18)11-20(25)22-19-12-16(2)23-24(19)14-17-7-4-3-5-8-17;/h3-5,7-8,12,15,18,21H,6,9-11,13-14H2,1-2H3,(H,22,25);1H. The first-order chi connectivity index (χ1) is 12.1. The number of hydrogen-bond acceptors (Lipinski definition) is 3. The molecule has 2 atom stereocenters. The smallest absolute Gasteiger partial charge is 0.225 e. The molecule has 0 saturated carbocycles. The highest BCUT2D eigenvalue weighted by atomic mass is 35.5. The van der Waals surface area contributed by atoms with Crippen LogP contribution in [0.4, 0.5) is 5.82 Å². The quantitative estimate of drug-likeness (QED) is 0.809. The number of piperidine rings is 1. The normalized spacial score (nSPS) is 18.0. The maximum atomic E-state index is 12.5. The van der Waals surface area contributed by atoms with E-state index in [4.69, 9.17) is 0 Å². The second-order valence-electron chi connectivity index (χ2n) is 7.15. The summed E-state index contributed by atoms with van der Waals surface area (Å²) in [5, 5.41) is 11.0. The van der Waals surface area contributed by atoms with Crippen LogP contribution < -0.4 is 10.6 Å². The van der Waals surface area contributed by atoms with E-state index in [-0.39, 0.29) is 18.3 Å². The van der Waals surface area contributed by atoms with Crippen molar-refractivity contribution in [2.45, 2.75) is 39.7 Å². The lowest BCUT2D eigenvalue weighted by Gasteiger charge is -2.28. The number of halogens is 1. The maximum absolute atomic E-state index is 12.5. The molecule has 0 aliphatic carbocycles. The Bertz CT molecular complexity index is 695. The van der Waals surface area contributed by atoms with Gasteiger partial charge in [0.2, 0.25) is 5.91 Å². The highest BCUT2D eigenvalue weighted by molar-refractivity contribution is 5.90. The van der Waals surface area contributed by atoms with Crippen LogP contribution in [-0.4, -0.2) is 28.8 Å². The third-order valence-electron chi connectivity index (χ3n) is 4.99. The molecule has 142 valence electrons. The van der Waals surface area contributed by atoms with Crippen LogP contribution in [0.25, 0.3) is 0 Å². The molecule has 2 N–H and O–H groups in total. The molecule has 2 unspecified atom stereocenters. The molecule has 1 aliphatic heterocycles. The second kappa shape index (κ2) is 9.74. The van der Waals surface area contributed by atoms with Gasteiger partial charge < -0.3 is 10.6 Å². The summed E-state index contributed by atoms with van der Waals surface area (Å²) in [7, 11) is 0. The van der Waals surface area contributed by atoms with E-state index in [1.54, 1.807) is 0 Å². The topological polar surface area (TPSA) is 59.0 Å². The first-order valence-corrected chi connectivity index (χ1v) is 9.21. The van der Waals surface area contributed by atoms with Gasteiger partial charge in [0.15, 0.2) is 0 Å². The first kappa shape index (κ1) is 20.5. The molecular weight excluding hydrogens is 348 g/mol. The Morgan fingerprint density at radius 3 is 2.85 bits per heavy atom. The Hall–Kier alpha value is -1.85. The molecule has 1 amide bonds. The van der Waals surface area contributed by atoms with Crippen LogP contribution in [0.15, 0.2) is 36.4 Å². The fourth-order valence-corrected chi connectivity index (χ4v) is 3.54. The summed E-state index contributed by atoms with van der Waals surface area (Å²) in [6.45, 7) is 6.93. The van der Waals surface area contributed by atoms with Gasteiger partial charge in [0, 0.05) is 12.5 Å². The van der Waals surface area contributed by atoms with E-state index >= 15 is 0 Å². The minimum absolute atomic E-state index is 0. The molecule has 1 aliphatic rings. The van der Waals surface area contributed by atoms with Gasteiger partial charge in [-0.3, -0.25) is 4.79 Å². The molecule has 1 aromatic carbocycles. The number of aryl methyl sites for hydroxylation is 1. The van der Waals surface area contributed by atoms with Crippen LogP contribution in [0, 0.1) is 18.8 Å². The van der Waals surface area contributed by atoms with Gasteiger partial charge in [-0.2, -0.15) is 5.10 Å². The van der Waals surface area contributed by atoms with Crippen LogP contribution in [0.5, 0.6) is 0 Å². The summed E-state index contributed by atoms with van der Waals surface area (Å²) in [5.74, 6) is 1.84. The third kappa shape index (κ3) is 5.58. The average Bonchev–Trinajstić information content (AvgIpc) is 2.95. The summed E-state index contributed by atoms with van der Waals surface area (Å²) >= 11 is 0. The number of benzene rings is 1. The Morgan fingerprint density at radius 2 is 2.15 bits per heavy atom. The molecule has 0 bridgehead atoms. The minimum atomic E-state index is 0. The lowest BCUT2D eigenvalue weighted by atomic mass is 9.85. The Morgan fingerprint density at radius 1 is 1.38 bits per heavy atom. The molecule has 5 nitrogen and oxygen atoms in total. The summed E-state index contributed by atoms with van der Waals surface area (Å²) in [6, 6.07) is 12.1. The van der Waals surface area contributed by atoms with E-state index in [1.807, 2.05) is 35.9 Å². The van der Waals surface area contributed by atoms with E-state index in [1.165, 1.54) is 18.4 Å². The van der Waals surface area contributed by atoms with Crippen molar-refractivity contribution in [3.63, 3.8) is 0 Å². The molecule has 1 fully saturated rings. The van der Waals surface area contributed by atoms with E-state index in [9.17, 15) is 4.79 Å². The predicted octanol–water partition coefficient (Wildman–Crippen LogP) is 3.63.